The quantitative estimate of drug-likeness (QED) is 0.269. The monoisotopic (exact) mass is 562 g/mol. The number of imidazole rings is 1. The van der Waals surface area contributed by atoms with Gasteiger partial charge in [-0.05, 0) is 75.8 Å². The van der Waals surface area contributed by atoms with Crippen molar-refractivity contribution in [2.24, 2.45) is 0 Å². The first-order chi connectivity index (χ1) is 19.3. The van der Waals surface area contributed by atoms with Gasteiger partial charge in [0.05, 0.1) is 11.6 Å². The summed E-state index contributed by atoms with van der Waals surface area (Å²) < 4.78 is 18.2. The summed E-state index contributed by atoms with van der Waals surface area (Å²) in [4.78, 5) is 26.0. The van der Waals surface area contributed by atoms with Gasteiger partial charge in [-0.1, -0.05) is 12.0 Å². The molecule has 0 aliphatic rings. The van der Waals surface area contributed by atoms with E-state index in [9.17, 15) is 9.90 Å². The van der Waals surface area contributed by atoms with Gasteiger partial charge in [-0.25, -0.2) is 19.4 Å². The van der Waals surface area contributed by atoms with Crippen LogP contribution in [-0.4, -0.2) is 64.9 Å². The van der Waals surface area contributed by atoms with Crippen LogP contribution in [0.3, 0.4) is 0 Å². The number of nitrogen functional groups attached to an aromatic ring is 1. The molecule has 0 fully saturated rings. The van der Waals surface area contributed by atoms with Crippen molar-refractivity contribution in [3.63, 3.8) is 0 Å². The summed E-state index contributed by atoms with van der Waals surface area (Å²) in [5, 5.41) is 20.7. The minimum atomic E-state index is -1.27. The molecule has 0 radical (unpaired) electrons. The zero-order chi connectivity index (χ0) is 29.8. The maximum atomic E-state index is 12.6. The van der Waals surface area contributed by atoms with Crippen molar-refractivity contribution < 1.29 is 24.0 Å². The number of anilines is 1. The van der Waals surface area contributed by atoms with Crippen LogP contribution in [0.4, 0.5) is 10.6 Å². The lowest BCUT2D eigenvalue weighted by atomic mass is 10.1. The van der Waals surface area contributed by atoms with E-state index in [0.29, 0.717) is 29.8 Å². The summed E-state index contributed by atoms with van der Waals surface area (Å²) in [6.45, 7) is 11.0. The largest absolute Gasteiger partial charge is 0.475 e. The second-order valence-electron chi connectivity index (χ2n) is 10.9. The van der Waals surface area contributed by atoms with Gasteiger partial charge in [-0.15, -0.1) is 0 Å². The average Bonchev–Trinajstić information content (AvgIpc) is 3.47. The van der Waals surface area contributed by atoms with Crippen LogP contribution in [0.1, 0.15) is 52.8 Å². The van der Waals surface area contributed by atoms with E-state index in [-0.39, 0.29) is 29.7 Å². The van der Waals surface area contributed by atoms with Crippen LogP contribution >= 0.6 is 0 Å². The molecule has 0 saturated heterocycles. The predicted molar refractivity (Wildman–Crippen MR) is 151 cm³/mol. The molecule has 4 N–H and O–H groups in total. The third kappa shape index (κ3) is 7.70. The maximum Gasteiger partial charge on any atom is 0.408 e. The number of fused-ring (bicyclic) bond motifs is 1. The average molecular weight is 563 g/mol. The second kappa shape index (κ2) is 11.8. The molecule has 0 aliphatic heterocycles. The zero-order valence-electron chi connectivity index (χ0n) is 23.9. The van der Waals surface area contributed by atoms with Gasteiger partial charge in [0, 0.05) is 25.0 Å². The van der Waals surface area contributed by atoms with E-state index in [1.54, 1.807) is 53.1 Å². The first-order valence-electron chi connectivity index (χ1n) is 13.1. The van der Waals surface area contributed by atoms with Crippen LogP contribution < -0.4 is 15.8 Å². The van der Waals surface area contributed by atoms with Crippen LogP contribution in [-0.2, 0) is 17.7 Å². The van der Waals surface area contributed by atoms with E-state index in [1.807, 2.05) is 23.6 Å². The number of pyridine rings is 2. The molecule has 4 aromatic heterocycles. The summed E-state index contributed by atoms with van der Waals surface area (Å²) >= 11 is 0. The Morgan fingerprint density at radius 3 is 2.63 bits per heavy atom. The highest BCUT2D eigenvalue weighted by Gasteiger charge is 2.24. The number of hydrogen-bond acceptors (Lipinski definition) is 11. The van der Waals surface area contributed by atoms with E-state index in [0.717, 1.165) is 5.56 Å². The molecule has 13 nitrogen and oxygen atoms in total. The van der Waals surface area contributed by atoms with Crippen molar-refractivity contribution in [1.82, 2.24) is 35.1 Å². The van der Waals surface area contributed by atoms with Crippen LogP contribution in [0.25, 0.3) is 22.6 Å². The SMILES string of the molecule is CCn1c(-c2nonc2N)nc2c(C#CC(C)(C)O)nc(OC[C@H](Cc3cccnc3)NC(=O)OC(C)(C)C)cc21. The Kier molecular flexibility index (Phi) is 8.44. The van der Waals surface area contributed by atoms with Crippen molar-refractivity contribution in [3.8, 4) is 29.2 Å². The molecule has 0 aromatic carbocycles. The predicted octanol–water partition coefficient (Wildman–Crippen LogP) is 3.12. The Bertz CT molecular complexity index is 1570. The van der Waals surface area contributed by atoms with Crippen LogP contribution in [0.15, 0.2) is 35.2 Å². The summed E-state index contributed by atoms with van der Waals surface area (Å²) in [5.74, 6) is 6.46. The molecule has 4 aromatic rings. The van der Waals surface area contributed by atoms with Gasteiger partial charge in [0.15, 0.2) is 17.3 Å². The Morgan fingerprint density at radius 1 is 1.24 bits per heavy atom. The van der Waals surface area contributed by atoms with Crippen LogP contribution in [0.2, 0.25) is 0 Å². The van der Waals surface area contributed by atoms with Crippen molar-refractivity contribution in [1.29, 1.82) is 0 Å². The third-order valence-corrected chi connectivity index (χ3v) is 5.60. The topological polar surface area (TPSA) is 176 Å². The summed E-state index contributed by atoms with van der Waals surface area (Å²) in [6, 6.07) is 5.00. The highest BCUT2D eigenvalue weighted by atomic mass is 16.6. The third-order valence-electron chi connectivity index (χ3n) is 5.60. The number of aryl methyl sites for hydroxylation is 1. The van der Waals surface area contributed by atoms with Crippen molar-refractivity contribution in [2.45, 2.75) is 71.8 Å². The first-order valence-corrected chi connectivity index (χ1v) is 13.1. The van der Waals surface area contributed by atoms with Crippen molar-refractivity contribution in [2.75, 3.05) is 12.3 Å². The standard InChI is InChI=1S/C28H34N8O5/c1-7-36-20-14-21(39-16-18(13-17-9-8-12-30-15-17)31-26(37)40-27(2,3)4)32-19(10-11-28(5,6)38)22(20)33-25(36)23-24(29)35-41-34-23/h8-9,12,14-15,18,38H,7,13,16H2,1-6H3,(H2,29,35)(H,31,37)/t18-/m0/s1. The lowest BCUT2D eigenvalue weighted by Crippen LogP contribution is -2.43. The van der Waals surface area contributed by atoms with Gasteiger partial charge in [0.1, 0.15) is 29.0 Å². The van der Waals surface area contributed by atoms with Gasteiger partial charge in [0.25, 0.3) is 0 Å². The number of nitrogens with zero attached hydrogens (tertiary/aromatic N) is 6. The minimum absolute atomic E-state index is 0.0677. The van der Waals surface area contributed by atoms with E-state index < -0.39 is 23.3 Å². The minimum Gasteiger partial charge on any atom is -0.475 e. The number of aromatic nitrogens is 6. The fraction of sp³-hybridized carbons (Fsp3) is 0.429. The van der Waals surface area contributed by atoms with Crippen LogP contribution in [0.5, 0.6) is 5.88 Å². The summed E-state index contributed by atoms with van der Waals surface area (Å²) in [5.41, 5.74) is 6.61. The fourth-order valence-corrected chi connectivity index (χ4v) is 3.94. The molecular weight excluding hydrogens is 528 g/mol. The number of ether oxygens (including phenoxy) is 2. The first kappa shape index (κ1) is 29.3. The lowest BCUT2D eigenvalue weighted by Gasteiger charge is -2.24. The molecule has 13 heteroatoms. The van der Waals surface area contributed by atoms with Gasteiger partial charge >= 0.3 is 6.09 Å². The molecule has 0 unspecified atom stereocenters. The molecule has 1 atom stereocenters. The second-order valence-corrected chi connectivity index (χ2v) is 10.9. The molecule has 1 amide bonds. The van der Waals surface area contributed by atoms with E-state index in [4.69, 9.17) is 24.8 Å². The molecule has 41 heavy (non-hydrogen) atoms. The molecule has 4 rings (SSSR count). The van der Waals surface area contributed by atoms with Gasteiger partial charge in [-0.2, -0.15) is 0 Å². The Balaban J connectivity index is 1.71. The van der Waals surface area contributed by atoms with Gasteiger partial charge < -0.3 is 30.2 Å². The number of hydrogen-bond donors (Lipinski definition) is 3. The maximum absolute atomic E-state index is 12.6. The van der Waals surface area contributed by atoms with Gasteiger partial charge in [0.2, 0.25) is 5.88 Å². The number of alkyl carbamates (subject to hydrolysis) is 1. The molecule has 0 aliphatic carbocycles. The Labute approximate surface area is 237 Å². The van der Waals surface area contributed by atoms with Crippen LogP contribution in [0, 0.1) is 11.8 Å². The Hall–Kier alpha value is -4.70. The number of amides is 1. The molecule has 216 valence electrons. The van der Waals surface area contributed by atoms with Crippen molar-refractivity contribution in [3.05, 3.63) is 41.9 Å². The number of aliphatic hydroxyl groups is 1. The van der Waals surface area contributed by atoms with E-state index >= 15 is 0 Å². The van der Waals surface area contributed by atoms with Crippen molar-refractivity contribution >= 4 is 22.9 Å². The summed E-state index contributed by atoms with van der Waals surface area (Å²) in [7, 11) is 0. The molecular formula is C28H34N8O5. The number of carbonyl (C=O) groups is 1. The number of nitrogens with one attached hydrogen (secondary N) is 1. The number of nitrogens with two attached hydrogens (primary N) is 1. The fourth-order valence-electron chi connectivity index (χ4n) is 3.94. The number of rotatable bonds is 8. The number of carbonyl (C=O) groups excluding carboxylic acids is 1. The zero-order valence-corrected chi connectivity index (χ0v) is 23.9. The smallest absolute Gasteiger partial charge is 0.408 e. The highest BCUT2D eigenvalue weighted by molar-refractivity contribution is 5.86. The molecule has 0 bridgehead atoms. The summed E-state index contributed by atoms with van der Waals surface area (Å²) in [6.07, 6.45) is 3.28. The molecule has 4 heterocycles. The van der Waals surface area contributed by atoms with Gasteiger partial charge in [-0.3, -0.25) is 4.98 Å². The normalized spacial score (nSPS) is 12.5. The molecule has 0 saturated carbocycles. The van der Waals surface area contributed by atoms with E-state index in [1.165, 1.54) is 0 Å². The highest BCUT2D eigenvalue weighted by Crippen LogP contribution is 2.30. The lowest BCUT2D eigenvalue weighted by molar-refractivity contribution is 0.0487. The molecule has 0 spiro atoms. The van der Waals surface area contributed by atoms with E-state index in [2.05, 4.69) is 37.4 Å². The Morgan fingerprint density at radius 2 is 2.02 bits per heavy atom.